The summed E-state index contributed by atoms with van der Waals surface area (Å²) in [5.41, 5.74) is 2.38. The number of likely N-dealkylation sites (tertiary alicyclic amines) is 1. The molecule has 1 aliphatic rings. The standard InChI is InChI=1S/C18H26N2O/c1-4-18(5-2)8-10-20(11-9-18)14-16-12-15(13-19)6-7-17(16)21-3/h6-7,12H,4-5,8-11,14H2,1-3H3. The van der Waals surface area contributed by atoms with Crippen LogP contribution in [0.3, 0.4) is 0 Å². The Hall–Kier alpha value is -1.53. The van der Waals surface area contributed by atoms with Gasteiger partial charge in [0.05, 0.1) is 18.7 Å². The smallest absolute Gasteiger partial charge is 0.123 e. The second-order valence-electron chi connectivity index (χ2n) is 6.12. The number of hydrogen-bond acceptors (Lipinski definition) is 3. The lowest BCUT2D eigenvalue weighted by molar-refractivity contribution is 0.0903. The molecule has 0 N–H and O–H groups in total. The van der Waals surface area contributed by atoms with Gasteiger partial charge in [0, 0.05) is 12.1 Å². The first-order valence-corrected chi connectivity index (χ1v) is 7.95. The molecular weight excluding hydrogens is 260 g/mol. The Kier molecular flexibility index (Phi) is 5.25. The summed E-state index contributed by atoms with van der Waals surface area (Å²) in [7, 11) is 1.69. The SMILES string of the molecule is CCC1(CC)CCN(Cc2cc(C#N)ccc2OC)CC1. The van der Waals surface area contributed by atoms with E-state index in [9.17, 15) is 0 Å². The molecule has 3 nitrogen and oxygen atoms in total. The highest BCUT2D eigenvalue weighted by atomic mass is 16.5. The summed E-state index contributed by atoms with van der Waals surface area (Å²) in [4.78, 5) is 2.49. The van der Waals surface area contributed by atoms with Crippen LogP contribution < -0.4 is 4.74 Å². The summed E-state index contributed by atoms with van der Waals surface area (Å²) in [6.07, 6.45) is 5.12. The molecule has 0 atom stereocenters. The van der Waals surface area contributed by atoms with Gasteiger partial charge in [-0.1, -0.05) is 26.7 Å². The molecular formula is C18H26N2O. The van der Waals surface area contributed by atoms with Gasteiger partial charge in [0.15, 0.2) is 0 Å². The van der Waals surface area contributed by atoms with Crippen LogP contribution in [0.5, 0.6) is 5.75 Å². The number of ether oxygens (including phenoxy) is 1. The van der Waals surface area contributed by atoms with Crippen molar-refractivity contribution in [3.05, 3.63) is 29.3 Å². The zero-order valence-electron chi connectivity index (χ0n) is 13.5. The second-order valence-corrected chi connectivity index (χ2v) is 6.12. The van der Waals surface area contributed by atoms with Gasteiger partial charge < -0.3 is 4.74 Å². The molecule has 2 rings (SSSR count). The fourth-order valence-electron chi connectivity index (χ4n) is 3.36. The van der Waals surface area contributed by atoms with Crippen LogP contribution in [-0.2, 0) is 6.54 Å². The van der Waals surface area contributed by atoms with E-state index >= 15 is 0 Å². The van der Waals surface area contributed by atoms with E-state index in [1.54, 1.807) is 7.11 Å². The van der Waals surface area contributed by atoms with Crippen molar-refractivity contribution < 1.29 is 4.74 Å². The maximum absolute atomic E-state index is 9.06. The zero-order chi connectivity index (χ0) is 15.3. The third-order valence-electron chi connectivity index (χ3n) is 5.22. The van der Waals surface area contributed by atoms with Crippen molar-refractivity contribution >= 4 is 0 Å². The van der Waals surface area contributed by atoms with Crippen molar-refractivity contribution in [2.75, 3.05) is 20.2 Å². The third-order valence-corrected chi connectivity index (χ3v) is 5.22. The van der Waals surface area contributed by atoms with Crippen LogP contribution in [0.2, 0.25) is 0 Å². The third kappa shape index (κ3) is 3.57. The number of nitrogens with zero attached hydrogens (tertiary/aromatic N) is 2. The van der Waals surface area contributed by atoms with Crippen molar-refractivity contribution in [3.63, 3.8) is 0 Å². The topological polar surface area (TPSA) is 36.3 Å². The van der Waals surface area contributed by atoms with E-state index < -0.39 is 0 Å². The van der Waals surface area contributed by atoms with E-state index in [0.29, 0.717) is 11.0 Å². The molecule has 114 valence electrons. The molecule has 0 unspecified atom stereocenters. The summed E-state index contributed by atoms with van der Waals surface area (Å²) >= 11 is 0. The molecule has 21 heavy (non-hydrogen) atoms. The maximum Gasteiger partial charge on any atom is 0.123 e. The minimum atomic E-state index is 0.551. The maximum atomic E-state index is 9.06. The number of rotatable bonds is 5. The van der Waals surface area contributed by atoms with Crippen molar-refractivity contribution in [2.45, 2.75) is 46.1 Å². The van der Waals surface area contributed by atoms with Gasteiger partial charge in [0.2, 0.25) is 0 Å². The summed E-state index contributed by atoms with van der Waals surface area (Å²) in [5.74, 6) is 0.886. The summed E-state index contributed by atoms with van der Waals surface area (Å²) < 4.78 is 5.43. The van der Waals surface area contributed by atoms with Crippen molar-refractivity contribution in [1.82, 2.24) is 4.90 Å². The summed E-state index contributed by atoms with van der Waals surface area (Å²) in [5, 5.41) is 9.06. The molecule has 1 heterocycles. The minimum absolute atomic E-state index is 0.551. The molecule has 0 amide bonds. The van der Waals surface area contributed by atoms with Gasteiger partial charge in [0.25, 0.3) is 0 Å². The van der Waals surface area contributed by atoms with E-state index in [1.807, 2.05) is 18.2 Å². The molecule has 0 bridgehead atoms. The average molecular weight is 286 g/mol. The predicted molar refractivity (Wildman–Crippen MR) is 85.2 cm³/mol. The highest BCUT2D eigenvalue weighted by molar-refractivity contribution is 5.42. The van der Waals surface area contributed by atoms with Crippen molar-refractivity contribution in [1.29, 1.82) is 5.26 Å². The molecule has 3 heteroatoms. The van der Waals surface area contributed by atoms with Crippen LogP contribution >= 0.6 is 0 Å². The van der Waals surface area contributed by atoms with Crippen molar-refractivity contribution in [2.24, 2.45) is 5.41 Å². The van der Waals surface area contributed by atoms with Crippen LogP contribution in [-0.4, -0.2) is 25.1 Å². The molecule has 0 aromatic heterocycles. The Balaban J connectivity index is 2.05. The Bertz CT molecular complexity index is 504. The lowest BCUT2D eigenvalue weighted by Crippen LogP contribution is -2.39. The van der Waals surface area contributed by atoms with E-state index in [1.165, 1.54) is 25.7 Å². The molecule has 1 aliphatic heterocycles. The van der Waals surface area contributed by atoms with Crippen LogP contribution in [0, 0.1) is 16.7 Å². The first kappa shape index (κ1) is 15.9. The van der Waals surface area contributed by atoms with Crippen LogP contribution in [0.15, 0.2) is 18.2 Å². The van der Waals surface area contributed by atoms with Gasteiger partial charge >= 0.3 is 0 Å². The van der Waals surface area contributed by atoms with Gasteiger partial charge in [-0.05, 0) is 49.5 Å². The van der Waals surface area contributed by atoms with E-state index in [4.69, 9.17) is 10.00 Å². The molecule has 1 aromatic carbocycles. The normalized spacial score (nSPS) is 18.2. The summed E-state index contributed by atoms with van der Waals surface area (Å²) in [6.45, 7) is 7.79. The monoisotopic (exact) mass is 286 g/mol. The number of hydrogen-bond donors (Lipinski definition) is 0. The molecule has 0 saturated carbocycles. The Morgan fingerprint density at radius 1 is 1.24 bits per heavy atom. The van der Waals surface area contributed by atoms with Gasteiger partial charge in [-0.2, -0.15) is 5.26 Å². The number of methoxy groups -OCH3 is 1. The van der Waals surface area contributed by atoms with Crippen LogP contribution in [0.25, 0.3) is 0 Å². The Morgan fingerprint density at radius 3 is 2.43 bits per heavy atom. The fraction of sp³-hybridized carbons (Fsp3) is 0.611. The second kappa shape index (κ2) is 6.95. The average Bonchev–Trinajstić information content (AvgIpc) is 2.55. The van der Waals surface area contributed by atoms with E-state index in [-0.39, 0.29) is 0 Å². The number of benzene rings is 1. The van der Waals surface area contributed by atoms with Crippen LogP contribution in [0.4, 0.5) is 0 Å². The Labute approximate surface area is 128 Å². The first-order chi connectivity index (χ1) is 10.2. The van der Waals surface area contributed by atoms with E-state index in [2.05, 4.69) is 24.8 Å². The van der Waals surface area contributed by atoms with Crippen molar-refractivity contribution in [3.8, 4) is 11.8 Å². The van der Waals surface area contributed by atoms with Gasteiger partial charge in [-0.3, -0.25) is 4.90 Å². The lowest BCUT2D eigenvalue weighted by Gasteiger charge is -2.41. The quantitative estimate of drug-likeness (QED) is 0.821. The molecule has 1 aromatic rings. The highest BCUT2D eigenvalue weighted by Gasteiger charge is 2.31. The first-order valence-electron chi connectivity index (χ1n) is 7.95. The van der Waals surface area contributed by atoms with E-state index in [0.717, 1.165) is 30.9 Å². The summed E-state index contributed by atoms with van der Waals surface area (Å²) in [6, 6.07) is 7.89. The molecule has 0 radical (unpaired) electrons. The zero-order valence-corrected chi connectivity index (χ0v) is 13.5. The minimum Gasteiger partial charge on any atom is -0.496 e. The Morgan fingerprint density at radius 2 is 1.90 bits per heavy atom. The predicted octanol–water partition coefficient (Wildman–Crippen LogP) is 3.97. The molecule has 1 fully saturated rings. The molecule has 0 aliphatic carbocycles. The van der Waals surface area contributed by atoms with Gasteiger partial charge in [-0.25, -0.2) is 0 Å². The number of nitriles is 1. The molecule has 1 saturated heterocycles. The molecule has 0 spiro atoms. The number of piperidine rings is 1. The van der Waals surface area contributed by atoms with Gasteiger partial charge in [-0.15, -0.1) is 0 Å². The van der Waals surface area contributed by atoms with Gasteiger partial charge in [0.1, 0.15) is 5.75 Å². The lowest BCUT2D eigenvalue weighted by atomic mass is 9.74. The van der Waals surface area contributed by atoms with Crippen LogP contribution in [0.1, 0.15) is 50.7 Å². The largest absolute Gasteiger partial charge is 0.496 e. The highest BCUT2D eigenvalue weighted by Crippen LogP contribution is 2.38. The fourth-order valence-corrected chi connectivity index (χ4v) is 3.36.